The average Bonchev–Trinajstić information content (AvgIpc) is 2.98. The predicted octanol–water partition coefficient (Wildman–Crippen LogP) is 4.70. The molecular weight excluding hydrogens is 395 g/mol. The summed E-state index contributed by atoms with van der Waals surface area (Å²) in [6.45, 7) is 0. The lowest BCUT2D eigenvalue weighted by Crippen LogP contribution is -2.30. The number of nitrogens with zero attached hydrogens (tertiary/aromatic N) is 2. The summed E-state index contributed by atoms with van der Waals surface area (Å²) in [5.74, 6) is -3.60. The minimum absolute atomic E-state index is 0.0809. The molecule has 28 heavy (non-hydrogen) atoms. The van der Waals surface area contributed by atoms with Crippen LogP contribution in [0.4, 0.5) is 42.6 Å². The van der Waals surface area contributed by atoms with E-state index in [1.165, 1.54) is 0 Å². The van der Waals surface area contributed by atoms with Crippen molar-refractivity contribution in [2.45, 2.75) is 31.6 Å². The lowest BCUT2D eigenvalue weighted by Gasteiger charge is -2.30. The zero-order chi connectivity index (χ0) is 20.7. The topological polar surface area (TPSA) is 79.6 Å². The van der Waals surface area contributed by atoms with E-state index in [2.05, 4.69) is 20.5 Å². The van der Waals surface area contributed by atoms with E-state index >= 15 is 0 Å². The molecule has 0 amide bonds. The molecule has 0 aliphatic heterocycles. The molecule has 1 heterocycles. The van der Waals surface area contributed by atoms with E-state index in [1.54, 1.807) is 0 Å². The molecule has 1 atom stereocenters. The SMILES string of the molecule is Nc1nc(NC2=CC(F)=C(C3=CC=C(C(F)(F)F)CC3)C(C(F)(F)F)C2)n[nH]1. The van der Waals surface area contributed by atoms with Crippen LogP contribution in [0.3, 0.4) is 0 Å². The molecule has 0 saturated carbocycles. The van der Waals surface area contributed by atoms with Crippen molar-refractivity contribution in [3.63, 3.8) is 0 Å². The van der Waals surface area contributed by atoms with Crippen LogP contribution in [0.2, 0.25) is 0 Å². The van der Waals surface area contributed by atoms with Gasteiger partial charge in [0, 0.05) is 23.3 Å². The molecule has 152 valence electrons. The van der Waals surface area contributed by atoms with Gasteiger partial charge in [-0.05, 0) is 24.5 Å². The Kier molecular flexibility index (Phi) is 4.98. The number of rotatable bonds is 3. The Labute approximate surface area is 153 Å². The first-order chi connectivity index (χ1) is 12.9. The van der Waals surface area contributed by atoms with Gasteiger partial charge in [0.1, 0.15) is 5.83 Å². The highest BCUT2D eigenvalue weighted by Gasteiger charge is 2.46. The molecule has 0 spiro atoms. The number of nitrogens with two attached hydrogens (primary N) is 1. The van der Waals surface area contributed by atoms with Gasteiger partial charge >= 0.3 is 12.4 Å². The van der Waals surface area contributed by atoms with Crippen LogP contribution in [0.25, 0.3) is 0 Å². The molecule has 1 aromatic rings. The highest BCUT2D eigenvalue weighted by molar-refractivity contribution is 5.50. The van der Waals surface area contributed by atoms with E-state index < -0.39 is 48.1 Å². The first kappa shape index (κ1) is 20.0. The van der Waals surface area contributed by atoms with Crippen molar-refractivity contribution < 1.29 is 30.7 Å². The molecule has 12 heteroatoms. The maximum Gasteiger partial charge on any atom is 0.412 e. The fourth-order valence-corrected chi connectivity index (χ4v) is 3.09. The van der Waals surface area contributed by atoms with Crippen molar-refractivity contribution in [2.24, 2.45) is 5.92 Å². The van der Waals surface area contributed by atoms with Crippen molar-refractivity contribution in [3.05, 3.63) is 46.5 Å². The number of nitrogens with one attached hydrogen (secondary N) is 2. The Morgan fingerprint density at radius 3 is 2.32 bits per heavy atom. The Morgan fingerprint density at radius 2 is 1.82 bits per heavy atom. The zero-order valence-corrected chi connectivity index (χ0v) is 14.0. The number of aromatic nitrogens is 3. The van der Waals surface area contributed by atoms with Crippen LogP contribution >= 0.6 is 0 Å². The number of hydrogen-bond acceptors (Lipinski definition) is 4. The molecule has 4 N–H and O–H groups in total. The Morgan fingerprint density at radius 1 is 1.11 bits per heavy atom. The third-order valence-corrected chi connectivity index (χ3v) is 4.36. The number of nitrogen functional groups attached to an aromatic ring is 1. The highest BCUT2D eigenvalue weighted by atomic mass is 19.4. The monoisotopic (exact) mass is 409 g/mol. The second-order valence-corrected chi connectivity index (χ2v) is 6.28. The van der Waals surface area contributed by atoms with Crippen molar-refractivity contribution in [1.82, 2.24) is 15.2 Å². The number of hydrogen-bond donors (Lipinski definition) is 3. The average molecular weight is 409 g/mol. The van der Waals surface area contributed by atoms with Crippen molar-refractivity contribution >= 4 is 11.9 Å². The van der Waals surface area contributed by atoms with Gasteiger partial charge in [-0.1, -0.05) is 12.2 Å². The summed E-state index contributed by atoms with van der Waals surface area (Å²) in [6.07, 6.45) is -8.41. The Bertz CT molecular complexity index is 886. The third kappa shape index (κ3) is 4.20. The maximum atomic E-state index is 14.6. The van der Waals surface area contributed by atoms with Crippen LogP contribution < -0.4 is 11.1 Å². The molecule has 2 aliphatic rings. The van der Waals surface area contributed by atoms with Crippen LogP contribution in [0.5, 0.6) is 0 Å². The van der Waals surface area contributed by atoms with Crippen LogP contribution in [0.1, 0.15) is 19.3 Å². The second kappa shape index (κ2) is 6.99. The summed E-state index contributed by atoms with van der Waals surface area (Å²) in [4.78, 5) is 3.67. The lowest BCUT2D eigenvalue weighted by atomic mass is 9.80. The summed E-state index contributed by atoms with van der Waals surface area (Å²) in [5, 5.41) is 8.34. The number of anilines is 2. The van der Waals surface area contributed by atoms with E-state index in [-0.39, 0.29) is 29.6 Å². The summed E-state index contributed by atoms with van der Waals surface area (Å²) in [6, 6.07) is 0. The Hall–Kier alpha value is -2.79. The predicted molar refractivity (Wildman–Crippen MR) is 86.3 cm³/mol. The van der Waals surface area contributed by atoms with Crippen LogP contribution in [0.15, 0.2) is 46.5 Å². The fraction of sp³-hybridized carbons (Fsp3) is 0.375. The van der Waals surface area contributed by atoms with Gasteiger partial charge in [-0.3, -0.25) is 0 Å². The molecule has 0 fully saturated rings. The number of allylic oxidation sites excluding steroid dienone is 8. The minimum Gasteiger partial charge on any atom is -0.368 e. The fourth-order valence-electron chi connectivity index (χ4n) is 3.09. The molecule has 0 saturated heterocycles. The molecule has 0 bridgehead atoms. The minimum atomic E-state index is -4.80. The van der Waals surface area contributed by atoms with Crippen LogP contribution in [0, 0.1) is 5.92 Å². The standard InChI is InChI=1S/C16H14F7N5/c17-11-6-9(25-14-26-13(24)27-28-14)5-10(16(21,22)23)12(11)7-1-3-8(4-2-7)15(18,19)20/h1,3,6,10H,2,4-5H2,(H4,24,25,26,27,28). The molecule has 0 radical (unpaired) electrons. The quantitative estimate of drug-likeness (QED) is 0.633. The molecule has 1 aromatic heterocycles. The van der Waals surface area contributed by atoms with Gasteiger partial charge in [-0.15, -0.1) is 5.10 Å². The molecule has 1 unspecified atom stereocenters. The smallest absolute Gasteiger partial charge is 0.368 e. The summed E-state index contributed by atoms with van der Waals surface area (Å²) < 4.78 is 93.4. The first-order valence-corrected chi connectivity index (χ1v) is 8.04. The molecule has 3 rings (SSSR count). The summed E-state index contributed by atoms with van der Waals surface area (Å²) in [7, 11) is 0. The molecule has 2 aliphatic carbocycles. The van der Waals surface area contributed by atoms with Gasteiger partial charge in [0.25, 0.3) is 0 Å². The van der Waals surface area contributed by atoms with E-state index in [0.717, 1.165) is 12.2 Å². The summed E-state index contributed by atoms with van der Waals surface area (Å²) >= 11 is 0. The van der Waals surface area contributed by atoms with E-state index in [0.29, 0.717) is 6.08 Å². The van der Waals surface area contributed by atoms with Gasteiger partial charge in [0.2, 0.25) is 11.9 Å². The number of halogens is 7. The molecule has 0 aromatic carbocycles. The first-order valence-electron chi connectivity index (χ1n) is 8.04. The number of alkyl halides is 6. The highest BCUT2D eigenvalue weighted by Crippen LogP contribution is 2.46. The van der Waals surface area contributed by atoms with Gasteiger partial charge < -0.3 is 11.1 Å². The van der Waals surface area contributed by atoms with Crippen molar-refractivity contribution in [3.8, 4) is 0 Å². The number of H-pyrrole nitrogens is 1. The second-order valence-electron chi connectivity index (χ2n) is 6.28. The van der Waals surface area contributed by atoms with Crippen LogP contribution in [-0.2, 0) is 0 Å². The zero-order valence-electron chi connectivity index (χ0n) is 14.0. The number of aromatic amines is 1. The third-order valence-electron chi connectivity index (χ3n) is 4.36. The lowest BCUT2D eigenvalue weighted by molar-refractivity contribution is -0.163. The van der Waals surface area contributed by atoms with Crippen molar-refractivity contribution in [2.75, 3.05) is 11.1 Å². The normalized spacial score (nSPS) is 21.2. The van der Waals surface area contributed by atoms with E-state index in [4.69, 9.17) is 5.73 Å². The van der Waals surface area contributed by atoms with Gasteiger partial charge in [0.05, 0.1) is 5.92 Å². The van der Waals surface area contributed by atoms with Gasteiger partial charge in [0.15, 0.2) is 0 Å². The van der Waals surface area contributed by atoms with Gasteiger partial charge in [-0.25, -0.2) is 9.49 Å². The molecule has 5 nitrogen and oxygen atoms in total. The van der Waals surface area contributed by atoms with Gasteiger partial charge in [-0.2, -0.15) is 31.3 Å². The van der Waals surface area contributed by atoms with E-state index in [9.17, 15) is 30.7 Å². The van der Waals surface area contributed by atoms with Crippen LogP contribution in [-0.4, -0.2) is 27.5 Å². The summed E-state index contributed by atoms with van der Waals surface area (Å²) in [5.41, 5.74) is 3.57. The van der Waals surface area contributed by atoms with E-state index in [1.807, 2.05) is 0 Å². The largest absolute Gasteiger partial charge is 0.412 e. The maximum absolute atomic E-state index is 14.6. The molecular formula is C16H14F7N5. The van der Waals surface area contributed by atoms with Crippen molar-refractivity contribution in [1.29, 1.82) is 0 Å². The Balaban J connectivity index is 1.96.